The highest BCUT2D eigenvalue weighted by molar-refractivity contribution is 7.59. The van der Waals surface area contributed by atoms with Gasteiger partial charge in [0.2, 0.25) is 0 Å². The average Bonchev–Trinajstić information content (AvgIpc) is 3.06. The second-order valence-electron chi connectivity index (χ2n) is 9.08. The molecule has 0 saturated heterocycles. The second kappa shape index (κ2) is 9.38. The van der Waals surface area contributed by atoms with Crippen LogP contribution >= 0.6 is 21.3 Å². The van der Waals surface area contributed by atoms with Gasteiger partial charge in [-0.2, -0.15) is 13.5 Å². The van der Waals surface area contributed by atoms with E-state index in [2.05, 4.69) is 12.1 Å². The Morgan fingerprint density at radius 3 is 1.32 bits per heavy atom. The van der Waals surface area contributed by atoms with Crippen LogP contribution in [0, 0.1) is 0 Å². The summed E-state index contributed by atoms with van der Waals surface area (Å²) in [5.41, 5.74) is 5.20. The molecule has 0 spiro atoms. The van der Waals surface area contributed by atoms with Gasteiger partial charge in [-0.1, -0.05) is 109 Å². The summed E-state index contributed by atoms with van der Waals surface area (Å²) in [5.74, 6) is 0.683. The highest BCUT2D eigenvalue weighted by Gasteiger charge is 2.37. The SMILES string of the molecule is O=P1(O)Oc2c(c(-c3ccccc3)cc3ccccc23)-c2c(-c3ccccc3)cc3ccccc3c2O1.S. The van der Waals surface area contributed by atoms with E-state index in [-0.39, 0.29) is 13.5 Å². The second-order valence-corrected chi connectivity index (χ2v) is 10.4. The molecule has 0 unspecified atom stereocenters. The monoisotopic (exact) mass is 534 g/mol. The van der Waals surface area contributed by atoms with Crippen LogP contribution in [0.3, 0.4) is 0 Å². The summed E-state index contributed by atoms with van der Waals surface area (Å²) < 4.78 is 25.3. The number of rotatable bonds is 2. The quantitative estimate of drug-likeness (QED) is 0.225. The van der Waals surface area contributed by atoms with Gasteiger partial charge in [0.05, 0.1) is 0 Å². The minimum absolute atomic E-state index is 0. The Balaban J connectivity index is 0.00000264. The number of phosphoric acid groups is 1. The lowest BCUT2D eigenvalue weighted by Crippen LogP contribution is -1.98. The molecule has 1 heterocycles. The van der Waals surface area contributed by atoms with Gasteiger partial charge < -0.3 is 9.05 Å². The van der Waals surface area contributed by atoms with Crippen molar-refractivity contribution in [1.82, 2.24) is 0 Å². The molecule has 0 atom stereocenters. The summed E-state index contributed by atoms with van der Waals surface area (Å²) in [6, 6.07) is 39.8. The van der Waals surface area contributed by atoms with Gasteiger partial charge in [-0.15, -0.1) is 0 Å². The van der Waals surface area contributed by atoms with Gasteiger partial charge in [-0.25, -0.2) is 4.57 Å². The first kappa shape index (κ1) is 24.3. The fourth-order valence-corrected chi connectivity index (χ4v) is 6.13. The normalized spacial score (nSPS) is 13.4. The van der Waals surface area contributed by atoms with Crippen LogP contribution in [-0.4, -0.2) is 4.89 Å². The molecule has 0 amide bonds. The third-order valence-corrected chi connectivity index (χ3v) is 7.66. The maximum Gasteiger partial charge on any atom is 0.584 e. The van der Waals surface area contributed by atoms with E-state index in [1.165, 1.54) is 0 Å². The molecular formula is C32H23O4PS. The van der Waals surface area contributed by atoms with E-state index < -0.39 is 7.82 Å². The minimum Gasteiger partial charge on any atom is -0.394 e. The number of hydrogen-bond acceptors (Lipinski definition) is 3. The Morgan fingerprint density at radius 2 is 0.895 bits per heavy atom. The highest BCUT2D eigenvalue weighted by Crippen LogP contribution is 2.61. The van der Waals surface area contributed by atoms with Crippen molar-refractivity contribution >= 4 is 42.9 Å². The molecule has 1 N–H and O–H groups in total. The average molecular weight is 535 g/mol. The van der Waals surface area contributed by atoms with E-state index in [4.69, 9.17) is 9.05 Å². The van der Waals surface area contributed by atoms with Gasteiger partial charge in [-0.3, -0.25) is 4.89 Å². The molecule has 1 aliphatic rings. The van der Waals surface area contributed by atoms with E-state index in [1.807, 2.05) is 109 Å². The zero-order valence-corrected chi connectivity index (χ0v) is 22.1. The predicted octanol–water partition coefficient (Wildman–Crippen LogP) is 8.98. The molecule has 186 valence electrons. The molecule has 1 aliphatic heterocycles. The van der Waals surface area contributed by atoms with Gasteiger partial charge >= 0.3 is 7.82 Å². The molecule has 6 aromatic carbocycles. The minimum atomic E-state index is -4.53. The number of hydrogen-bond donors (Lipinski definition) is 1. The highest BCUT2D eigenvalue weighted by atomic mass is 32.1. The van der Waals surface area contributed by atoms with Crippen molar-refractivity contribution in [2.45, 2.75) is 0 Å². The fraction of sp³-hybridized carbons (Fsp3) is 0. The Hall–Kier alpha value is -4.02. The van der Waals surface area contributed by atoms with Gasteiger partial charge in [0.25, 0.3) is 0 Å². The standard InChI is InChI=1S/C32H21O4P.H2S/c33-37(34)35-31-25-17-9-7-15-23(25)19-27(21-11-3-1-4-12-21)29(31)30-28(22-13-5-2-6-14-22)20-24-16-8-10-18-26(24)32(30)36-37;/h1-20H,(H,33,34);1H2. The van der Waals surface area contributed by atoms with E-state index in [0.29, 0.717) is 11.5 Å². The molecule has 0 radical (unpaired) electrons. The molecular weight excluding hydrogens is 511 g/mol. The lowest BCUT2D eigenvalue weighted by atomic mass is 9.84. The molecule has 6 aromatic rings. The van der Waals surface area contributed by atoms with Crippen LogP contribution in [0.25, 0.3) is 54.9 Å². The van der Waals surface area contributed by atoms with Crippen LogP contribution in [-0.2, 0) is 4.57 Å². The maximum absolute atomic E-state index is 13.5. The summed E-state index contributed by atoms with van der Waals surface area (Å²) >= 11 is 0. The summed E-state index contributed by atoms with van der Waals surface area (Å²) in [6.45, 7) is 0. The number of fused-ring (bicyclic) bond motifs is 7. The van der Waals surface area contributed by atoms with Crippen molar-refractivity contribution in [3.05, 3.63) is 121 Å². The van der Waals surface area contributed by atoms with Gasteiger partial charge in [-0.05, 0) is 45.2 Å². The van der Waals surface area contributed by atoms with Crippen molar-refractivity contribution in [2.75, 3.05) is 0 Å². The smallest absolute Gasteiger partial charge is 0.394 e. The van der Waals surface area contributed by atoms with Crippen LogP contribution in [0.5, 0.6) is 11.5 Å². The molecule has 38 heavy (non-hydrogen) atoms. The van der Waals surface area contributed by atoms with E-state index in [0.717, 1.165) is 54.9 Å². The topological polar surface area (TPSA) is 55.8 Å². The van der Waals surface area contributed by atoms with Crippen molar-refractivity contribution in [1.29, 1.82) is 0 Å². The van der Waals surface area contributed by atoms with E-state index >= 15 is 0 Å². The summed E-state index contributed by atoms with van der Waals surface area (Å²) in [4.78, 5) is 11.0. The third-order valence-electron chi connectivity index (χ3n) is 6.84. The van der Waals surface area contributed by atoms with Crippen LogP contribution < -0.4 is 9.05 Å². The van der Waals surface area contributed by atoms with Crippen molar-refractivity contribution < 1.29 is 18.5 Å². The largest absolute Gasteiger partial charge is 0.584 e. The maximum atomic E-state index is 13.5. The van der Waals surface area contributed by atoms with Gasteiger partial charge in [0.15, 0.2) is 0 Å². The molecule has 0 bridgehead atoms. The Kier molecular flexibility index (Phi) is 6.00. The molecule has 0 aromatic heterocycles. The Labute approximate surface area is 227 Å². The fourth-order valence-electron chi connectivity index (χ4n) is 5.25. The van der Waals surface area contributed by atoms with Crippen LogP contribution in [0.2, 0.25) is 0 Å². The first-order valence-corrected chi connectivity index (χ1v) is 13.5. The summed E-state index contributed by atoms with van der Waals surface area (Å²) in [7, 11) is -4.53. The van der Waals surface area contributed by atoms with Crippen LogP contribution in [0.1, 0.15) is 0 Å². The van der Waals surface area contributed by atoms with Gasteiger partial charge in [0.1, 0.15) is 11.5 Å². The molecule has 0 saturated carbocycles. The molecule has 0 fully saturated rings. The molecule has 4 nitrogen and oxygen atoms in total. The molecule has 0 aliphatic carbocycles. The van der Waals surface area contributed by atoms with Gasteiger partial charge in [0, 0.05) is 21.9 Å². The van der Waals surface area contributed by atoms with E-state index in [9.17, 15) is 9.46 Å². The zero-order chi connectivity index (χ0) is 25.0. The first-order valence-electron chi connectivity index (χ1n) is 12.0. The molecule has 6 heteroatoms. The first-order chi connectivity index (χ1) is 18.1. The lowest BCUT2D eigenvalue weighted by Gasteiger charge is -2.20. The summed E-state index contributed by atoms with van der Waals surface area (Å²) in [5, 5.41) is 3.31. The Bertz CT molecular complexity index is 1740. The van der Waals surface area contributed by atoms with E-state index in [1.54, 1.807) is 0 Å². The predicted molar refractivity (Wildman–Crippen MR) is 159 cm³/mol. The Morgan fingerprint density at radius 1 is 0.526 bits per heavy atom. The van der Waals surface area contributed by atoms with Crippen molar-refractivity contribution in [3.8, 4) is 44.9 Å². The number of phosphoric ester groups is 1. The van der Waals surface area contributed by atoms with Crippen molar-refractivity contribution in [3.63, 3.8) is 0 Å². The van der Waals surface area contributed by atoms with Crippen molar-refractivity contribution in [2.24, 2.45) is 0 Å². The summed E-state index contributed by atoms with van der Waals surface area (Å²) in [6.07, 6.45) is 0. The van der Waals surface area contributed by atoms with Crippen LogP contribution in [0.4, 0.5) is 0 Å². The zero-order valence-electron chi connectivity index (χ0n) is 20.2. The lowest BCUT2D eigenvalue weighted by molar-refractivity contribution is 0.296. The number of benzene rings is 6. The van der Waals surface area contributed by atoms with Crippen LogP contribution in [0.15, 0.2) is 121 Å². The molecule has 7 rings (SSSR count). The third kappa shape index (κ3) is 3.97.